The van der Waals surface area contributed by atoms with E-state index in [2.05, 4.69) is 20.3 Å². The summed E-state index contributed by atoms with van der Waals surface area (Å²) in [5.41, 5.74) is 7.76. The van der Waals surface area contributed by atoms with Gasteiger partial charge in [0.25, 0.3) is 5.91 Å². The molecule has 0 aliphatic heterocycles. The number of rotatable bonds is 12. The van der Waals surface area contributed by atoms with Crippen LogP contribution in [0.2, 0.25) is 0 Å². The van der Waals surface area contributed by atoms with Crippen LogP contribution in [0.5, 0.6) is 0 Å². The van der Waals surface area contributed by atoms with E-state index in [4.69, 9.17) is 15.2 Å². The average Bonchev–Trinajstić information content (AvgIpc) is 3.45. The maximum atomic E-state index is 12.7. The van der Waals surface area contributed by atoms with Gasteiger partial charge in [0.05, 0.1) is 23.5 Å². The third-order valence-electron chi connectivity index (χ3n) is 5.15. The Bertz CT molecular complexity index is 1140. The molecule has 0 spiro atoms. The van der Waals surface area contributed by atoms with Crippen molar-refractivity contribution in [3.8, 4) is 0 Å². The normalized spacial score (nSPS) is 11.8. The van der Waals surface area contributed by atoms with Gasteiger partial charge in [-0.2, -0.15) is 0 Å². The maximum Gasteiger partial charge on any atom is 0.328 e. The monoisotopic (exact) mass is 487 g/mol. The van der Waals surface area contributed by atoms with Gasteiger partial charge < -0.3 is 25.5 Å². The number of nitrogen functional groups attached to an aromatic ring is 1. The zero-order chi connectivity index (χ0) is 24.5. The fourth-order valence-electron chi connectivity index (χ4n) is 3.55. The molecule has 0 saturated carbocycles. The lowest BCUT2D eigenvalue weighted by molar-refractivity contribution is -0.146. The van der Waals surface area contributed by atoms with E-state index in [9.17, 15) is 14.4 Å². The number of aryl methyl sites for hydroxylation is 2. The number of nitrogens with zero attached hydrogens (tertiary/aromatic N) is 2. The molecule has 0 aromatic carbocycles. The molecule has 182 valence electrons. The topological polar surface area (TPSA) is 149 Å². The Kier molecular flexibility index (Phi) is 8.97. The summed E-state index contributed by atoms with van der Waals surface area (Å²) in [5.74, 6) is -0.915. The average molecular weight is 488 g/mol. The predicted octanol–water partition coefficient (Wildman–Crippen LogP) is 2.78. The fraction of sp³-hybridized carbons (Fsp3) is 0.435. The summed E-state index contributed by atoms with van der Waals surface area (Å²) in [6, 6.07) is 2.72. The number of carbonyl (C=O) groups is 3. The number of thiophene rings is 1. The minimum atomic E-state index is -0.919. The van der Waals surface area contributed by atoms with Crippen molar-refractivity contribution in [3.05, 3.63) is 40.0 Å². The molecular formula is C23H29N5O5S. The van der Waals surface area contributed by atoms with Crippen molar-refractivity contribution in [2.45, 2.75) is 52.0 Å². The fourth-order valence-corrected chi connectivity index (χ4v) is 4.51. The Labute approximate surface area is 201 Å². The van der Waals surface area contributed by atoms with Gasteiger partial charge in [0.1, 0.15) is 23.8 Å². The van der Waals surface area contributed by atoms with Crippen LogP contribution in [-0.2, 0) is 31.9 Å². The van der Waals surface area contributed by atoms with Crippen LogP contribution in [0, 0.1) is 0 Å². The van der Waals surface area contributed by atoms with Crippen LogP contribution in [-0.4, -0.2) is 52.1 Å². The number of esters is 2. The largest absolute Gasteiger partial charge is 0.466 e. The highest BCUT2D eigenvalue weighted by Crippen LogP contribution is 2.24. The molecule has 0 radical (unpaired) electrons. The second-order valence-electron chi connectivity index (χ2n) is 7.54. The summed E-state index contributed by atoms with van der Waals surface area (Å²) >= 11 is 1.37. The highest BCUT2D eigenvalue weighted by molar-refractivity contribution is 7.14. The lowest BCUT2D eigenvalue weighted by Crippen LogP contribution is -2.42. The molecule has 0 aliphatic carbocycles. The number of ether oxygens (including phenoxy) is 2. The maximum absolute atomic E-state index is 12.7. The summed E-state index contributed by atoms with van der Waals surface area (Å²) in [6.07, 6.45) is 5.87. The van der Waals surface area contributed by atoms with Crippen LogP contribution >= 0.6 is 11.3 Å². The zero-order valence-electron chi connectivity index (χ0n) is 19.3. The summed E-state index contributed by atoms with van der Waals surface area (Å²) in [7, 11) is 0. The SMILES string of the molecule is CCOC(=O)CC[C@@H](NC(=O)c1ccc(CCCc2c[nH]c3ncnc(N)c23)s1)C(=O)OCC. The van der Waals surface area contributed by atoms with Crippen molar-refractivity contribution in [2.24, 2.45) is 0 Å². The van der Waals surface area contributed by atoms with Crippen molar-refractivity contribution in [1.29, 1.82) is 0 Å². The molecule has 0 unspecified atom stereocenters. The number of aromatic amines is 1. The van der Waals surface area contributed by atoms with Crippen molar-refractivity contribution < 1.29 is 23.9 Å². The lowest BCUT2D eigenvalue weighted by Gasteiger charge is -2.16. The Morgan fingerprint density at radius 2 is 1.94 bits per heavy atom. The van der Waals surface area contributed by atoms with Gasteiger partial charge >= 0.3 is 11.9 Å². The first-order chi connectivity index (χ1) is 16.4. The van der Waals surface area contributed by atoms with Crippen LogP contribution in [0.15, 0.2) is 24.7 Å². The van der Waals surface area contributed by atoms with Gasteiger partial charge in [-0.1, -0.05) is 0 Å². The summed E-state index contributed by atoms with van der Waals surface area (Å²) in [5, 5.41) is 3.54. The van der Waals surface area contributed by atoms with Crippen LogP contribution in [0.4, 0.5) is 5.82 Å². The molecule has 0 bridgehead atoms. The van der Waals surface area contributed by atoms with E-state index < -0.39 is 18.0 Å². The molecule has 3 aromatic heterocycles. The van der Waals surface area contributed by atoms with Gasteiger partial charge in [-0.05, 0) is 57.2 Å². The summed E-state index contributed by atoms with van der Waals surface area (Å²) in [4.78, 5) is 49.5. The standard InChI is InChI=1S/C23H29N5O5S/c1-3-32-18(29)11-9-16(23(31)33-4-2)28-22(30)17-10-8-15(34-17)7-5-6-14-12-25-21-19(14)20(24)26-13-27-21/h8,10,12-13,16H,3-7,9,11H2,1-2H3,(H,28,30)(H3,24,25,26,27)/t16-/m1/s1. The highest BCUT2D eigenvalue weighted by Gasteiger charge is 2.24. The molecule has 1 atom stereocenters. The molecule has 0 saturated heterocycles. The number of anilines is 1. The van der Waals surface area contributed by atoms with E-state index in [0.717, 1.165) is 40.7 Å². The first-order valence-corrected chi connectivity index (χ1v) is 12.0. The zero-order valence-corrected chi connectivity index (χ0v) is 20.1. The molecule has 3 heterocycles. The molecule has 1 amide bonds. The molecule has 11 heteroatoms. The second-order valence-corrected chi connectivity index (χ2v) is 8.71. The lowest BCUT2D eigenvalue weighted by atomic mass is 10.1. The smallest absolute Gasteiger partial charge is 0.328 e. The van der Waals surface area contributed by atoms with Crippen molar-refractivity contribution >= 4 is 46.0 Å². The predicted molar refractivity (Wildman–Crippen MR) is 128 cm³/mol. The molecule has 10 nitrogen and oxygen atoms in total. The molecule has 4 N–H and O–H groups in total. The Morgan fingerprint density at radius 3 is 2.71 bits per heavy atom. The van der Waals surface area contributed by atoms with Crippen LogP contribution in [0.25, 0.3) is 11.0 Å². The van der Waals surface area contributed by atoms with Crippen LogP contribution in [0.3, 0.4) is 0 Å². The number of hydrogen-bond donors (Lipinski definition) is 3. The van der Waals surface area contributed by atoms with Crippen LogP contribution < -0.4 is 11.1 Å². The number of hydrogen-bond acceptors (Lipinski definition) is 9. The first kappa shape index (κ1) is 25.2. The molecule has 3 aromatic rings. The quantitative estimate of drug-likeness (QED) is 0.330. The number of H-pyrrole nitrogens is 1. The van der Waals surface area contributed by atoms with Gasteiger partial charge in [-0.3, -0.25) is 9.59 Å². The van der Waals surface area contributed by atoms with Gasteiger partial charge in [0.2, 0.25) is 0 Å². The van der Waals surface area contributed by atoms with E-state index in [0.29, 0.717) is 10.7 Å². The molecular weight excluding hydrogens is 458 g/mol. The van der Waals surface area contributed by atoms with Crippen LogP contribution in [0.1, 0.15) is 53.2 Å². The van der Waals surface area contributed by atoms with Gasteiger partial charge in [-0.15, -0.1) is 11.3 Å². The molecule has 0 fully saturated rings. The third kappa shape index (κ3) is 6.53. The number of carbonyl (C=O) groups excluding carboxylic acids is 3. The first-order valence-electron chi connectivity index (χ1n) is 11.2. The number of aromatic nitrogens is 3. The number of nitrogens with two attached hydrogens (primary N) is 1. The van der Waals surface area contributed by atoms with Crippen molar-refractivity contribution in [2.75, 3.05) is 18.9 Å². The summed E-state index contributed by atoms with van der Waals surface area (Å²) in [6.45, 7) is 3.84. The van der Waals surface area contributed by atoms with E-state index in [-0.39, 0.29) is 32.0 Å². The second kappa shape index (κ2) is 12.1. The molecule has 3 rings (SSSR count). The molecule has 0 aliphatic rings. The van der Waals surface area contributed by atoms with Gasteiger partial charge in [0, 0.05) is 17.5 Å². The summed E-state index contributed by atoms with van der Waals surface area (Å²) < 4.78 is 9.94. The minimum Gasteiger partial charge on any atom is -0.466 e. The van der Waals surface area contributed by atoms with Gasteiger partial charge in [0.15, 0.2) is 0 Å². The van der Waals surface area contributed by atoms with E-state index in [1.54, 1.807) is 19.9 Å². The Morgan fingerprint density at radius 1 is 1.15 bits per heavy atom. The van der Waals surface area contributed by atoms with E-state index in [1.807, 2.05) is 12.3 Å². The Hall–Kier alpha value is -3.47. The van der Waals surface area contributed by atoms with E-state index in [1.165, 1.54) is 17.7 Å². The van der Waals surface area contributed by atoms with Crippen molar-refractivity contribution in [1.82, 2.24) is 20.3 Å². The third-order valence-corrected chi connectivity index (χ3v) is 6.30. The number of fused-ring (bicyclic) bond motifs is 1. The highest BCUT2D eigenvalue weighted by atomic mass is 32.1. The van der Waals surface area contributed by atoms with Gasteiger partial charge in [-0.25, -0.2) is 14.8 Å². The number of amides is 1. The Balaban J connectivity index is 1.56. The van der Waals surface area contributed by atoms with E-state index >= 15 is 0 Å². The minimum absolute atomic E-state index is 0.0106. The molecule has 34 heavy (non-hydrogen) atoms. The van der Waals surface area contributed by atoms with Crippen molar-refractivity contribution in [3.63, 3.8) is 0 Å². The number of nitrogens with one attached hydrogen (secondary N) is 2.